The van der Waals surface area contributed by atoms with Crippen molar-refractivity contribution in [2.75, 3.05) is 16.4 Å². The third kappa shape index (κ3) is 6.06. The molecule has 0 atom stereocenters. The van der Waals surface area contributed by atoms with Gasteiger partial charge < -0.3 is 9.47 Å². The van der Waals surface area contributed by atoms with Crippen LogP contribution in [0.1, 0.15) is 18.1 Å². The summed E-state index contributed by atoms with van der Waals surface area (Å²) in [6.45, 7) is 2.31. The van der Waals surface area contributed by atoms with Gasteiger partial charge in [0.2, 0.25) is 0 Å². The Hall–Kier alpha value is -4.11. The van der Waals surface area contributed by atoms with Crippen molar-refractivity contribution in [3.63, 3.8) is 0 Å². The monoisotopic (exact) mass is 664 g/mol. The van der Waals surface area contributed by atoms with Gasteiger partial charge in [-0.05, 0) is 83.0 Å². The summed E-state index contributed by atoms with van der Waals surface area (Å²) in [4.78, 5) is 42.9. The molecule has 0 bridgehead atoms. The highest BCUT2D eigenvalue weighted by atomic mass is 79.9. The molecule has 1 aliphatic rings. The Balaban J connectivity index is 1.55. The minimum absolute atomic E-state index is 0.145. The summed E-state index contributed by atoms with van der Waals surface area (Å²) in [5.41, 5.74) is 1.69. The number of nitrogens with zero attached hydrogens (tertiary/aromatic N) is 2. The standard InChI is InChI=1S/C32H23BrCl2N2O5/c1-2-41-28-17-20(16-26(33)29(28)42-19-21-13-14-22(34)18-27(21)35)15-25-30(38)36(23-9-5-3-6-10-23)32(40)37(31(25)39)24-11-7-4-8-12-24/h3-18H,2,19H2,1H3. The average Bonchev–Trinajstić information content (AvgIpc) is 2.97. The van der Waals surface area contributed by atoms with Gasteiger partial charge in [-0.25, -0.2) is 14.6 Å². The van der Waals surface area contributed by atoms with Crippen LogP contribution in [0.3, 0.4) is 0 Å². The number of para-hydroxylation sites is 2. The van der Waals surface area contributed by atoms with E-state index in [1.54, 1.807) is 91.0 Å². The van der Waals surface area contributed by atoms with E-state index in [0.29, 0.717) is 49.6 Å². The van der Waals surface area contributed by atoms with Crippen LogP contribution < -0.4 is 19.3 Å². The first-order valence-corrected chi connectivity index (χ1v) is 14.4. The average molecular weight is 666 g/mol. The van der Waals surface area contributed by atoms with Crippen LogP contribution in [0.4, 0.5) is 16.2 Å². The topological polar surface area (TPSA) is 76.2 Å². The minimum Gasteiger partial charge on any atom is -0.490 e. The smallest absolute Gasteiger partial charge is 0.343 e. The maximum absolute atomic E-state index is 13.7. The zero-order chi connectivity index (χ0) is 29.8. The summed E-state index contributed by atoms with van der Waals surface area (Å²) in [5, 5.41) is 0.982. The van der Waals surface area contributed by atoms with Gasteiger partial charge in [0.25, 0.3) is 11.8 Å². The number of barbiturate groups is 1. The zero-order valence-corrected chi connectivity index (χ0v) is 25.3. The molecule has 0 aliphatic carbocycles. The zero-order valence-electron chi connectivity index (χ0n) is 22.2. The fourth-order valence-electron chi connectivity index (χ4n) is 4.37. The van der Waals surface area contributed by atoms with E-state index in [1.165, 1.54) is 6.08 Å². The highest BCUT2D eigenvalue weighted by molar-refractivity contribution is 9.10. The maximum atomic E-state index is 13.7. The Bertz CT molecular complexity index is 1630. The summed E-state index contributed by atoms with van der Waals surface area (Å²) < 4.78 is 12.4. The van der Waals surface area contributed by atoms with E-state index in [2.05, 4.69) is 15.9 Å². The number of carbonyl (C=O) groups is 3. The second-order valence-corrected chi connectivity index (χ2v) is 10.8. The number of ether oxygens (including phenoxy) is 2. The molecular formula is C32H23BrCl2N2O5. The molecule has 5 rings (SSSR count). The fraction of sp³-hybridized carbons (Fsp3) is 0.0938. The molecule has 0 N–H and O–H groups in total. The lowest BCUT2D eigenvalue weighted by Gasteiger charge is -2.34. The van der Waals surface area contributed by atoms with Gasteiger partial charge in [-0.1, -0.05) is 65.7 Å². The lowest BCUT2D eigenvalue weighted by molar-refractivity contribution is -0.121. The summed E-state index contributed by atoms with van der Waals surface area (Å²) >= 11 is 15.9. The first-order valence-electron chi connectivity index (χ1n) is 12.9. The van der Waals surface area contributed by atoms with Crippen LogP contribution in [0.15, 0.2) is 101 Å². The van der Waals surface area contributed by atoms with Crippen molar-refractivity contribution >= 4 is 74.4 Å². The van der Waals surface area contributed by atoms with Crippen molar-refractivity contribution in [1.29, 1.82) is 0 Å². The van der Waals surface area contributed by atoms with Crippen molar-refractivity contribution in [2.24, 2.45) is 0 Å². The molecule has 42 heavy (non-hydrogen) atoms. The Kier molecular flexibility index (Phi) is 8.97. The van der Waals surface area contributed by atoms with Gasteiger partial charge in [-0.15, -0.1) is 0 Å². The predicted octanol–water partition coefficient (Wildman–Crippen LogP) is 8.32. The van der Waals surface area contributed by atoms with Gasteiger partial charge in [0.15, 0.2) is 11.5 Å². The third-order valence-corrected chi connectivity index (χ3v) is 7.48. The van der Waals surface area contributed by atoms with E-state index >= 15 is 0 Å². The number of anilines is 2. The summed E-state index contributed by atoms with van der Waals surface area (Å²) in [6.07, 6.45) is 1.44. The fourth-order valence-corrected chi connectivity index (χ4v) is 5.41. The lowest BCUT2D eigenvalue weighted by Crippen LogP contribution is -2.57. The molecular weight excluding hydrogens is 643 g/mol. The number of halogens is 3. The van der Waals surface area contributed by atoms with E-state index in [1.807, 2.05) is 6.92 Å². The van der Waals surface area contributed by atoms with Gasteiger partial charge in [0.1, 0.15) is 12.2 Å². The summed E-state index contributed by atoms with van der Waals surface area (Å²) in [5.74, 6) is -0.681. The number of benzene rings is 4. The van der Waals surface area contributed by atoms with E-state index in [9.17, 15) is 14.4 Å². The number of rotatable bonds is 8. The normalized spacial score (nSPS) is 13.4. The SMILES string of the molecule is CCOc1cc(C=C2C(=O)N(c3ccccc3)C(=O)N(c3ccccc3)C2=O)cc(Br)c1OCc1ccc(Cl)cc1Cl. The Labute approximate surface area is 261 Å². The highest BCUT2D eigenvalue weighted by Crippen LogP contribution is 2.39. The number of hydrogen-bond acceptors (Lipinski definition) is 5. The summed E-state index contributed by atoms with van der Waals surface area (Å²) in [7, 11) is 0. The first kappa shape index (κ1) is 29.4. The molecule has 0 unspecified atom stereocenters. The van der Waals surface area contributed by atoms with Crippen LogP contribution in [-0.2, 0) is 16.2 Å². The van der Waals surface area contributed by atoms with Gasteiger partial charge >= 0.3 is 6.03 Å². The largest absolute Gasteiger partial charge is 0.490 e. The van der Waals surface area contributed by atoms with Crippen molar-refractivity contribution in [1.82, 2.24) is 0 Å². The second-order valence-electron chi connectivity index (χ2n) is 9.08. The highest BCUT2D eigenvalue weighted by Gasteiger charge is 2.43. The molecule has 4 aromatic carbocycles. The van der Waals surface area contributed by atoms with Gasteiger partial charge in [-0.2, -0.15) is 0 Å². The molecule has 0 saturated carbocycles. The van der Waals surface area contributed by atoms with Crippen LogP contribution >= 0.6 is 39.1 Å². The van der Waals surface area contributed by atoms with Crippen LogP contribution in [0.2, 0.25) is 10.0 Å². The maximum Gasteiger partial charge on any atom is 0.343 e. The van der Waals surface area contributed by atoms with Crippen LogP contribution in [-0.4, -0.2) is 24.5 Å². The van der Waals surface area contributed by atoms with Crippen LogP contribution in [0, 0.1) is 0 Å². The molecule has 7 nitrogen and oxygen atoms in total. The molecule has 10 heteroatoms. The summed E-state index contributed by atoms with van der Waals surface area (Å²) in [6, 6.07) is 24.7. The number of urea groups is 1. The van der Waals surface area contributed by atoms with Crippen molar-refractivity contribution in [2.45, 2.75) is 13.5 Å². The quantitative estimate of drug-likeness (QED) is 0.140. The molecule has 0 spiro atoms. The van der Waals surface area contributed by atoms with E-state index in [4.69, 9.17) is 32.7 Å². The van der Waals surface area contributed by atoms with Gasteiger partial charge in [0, 0.05) is 15.6 Å². The minimum atomic E-state index is -0.764. The molecule has 1 aliphatic heterocycles. The Morgan fingerprint density at radius 1 is 0.786 bits per heavy atom. The van der Waals surface area contributed by atoms with Crippen LogP contribution in [0.5, 0.6) is 11.5 Å². The van der Waals surface area contributed by atoms with Crippen molar-refractivity contribution in [3.8, 4) is 11.5 Å². The predicted molar refractivity (Wildman–Crippen MR) is 167 cm³/mol. The van der Waals surface area contributed by atoms with Crippen molar-refractivity contribution < 1.29 is 23.9 Å². The molecule has 4 aromatic rings. The van der Waals surface area contributed by atoms with Gasteiger partial charge in [-0.3, -0.25) is 9.59 Å². The first-order chi connectivity index (χ1) is 20.3. The second kappa shape index (κ2) is 12.8. The third-order valence-electron chi connectivity index (χ3n) is 6.31. The lowest BCUT2D eigenvalue weighted by atomic mass is 10.0. The van der Waals surface area contributed by atoms with E-state index in [0.717, 1.165) is 15.4 Å². The van der Waals surface area contributed by atoms with Crippen molar-refractivity contribution in [3.05, 3.63) is 122 Å². The number of hydrogen-bond donors (Lipinski definition) is 0. The molecule has 4 amide bonds. The molecule has 1 saturated heterocycles. The molecule has 0 radical (unpaired) electrons. The Morgan fingerprint density at radius 2 is 1.38 bits per heavy atom. The van der Waals surface area contributed by atoms with Gasteiger partial charge in [0.05, 0.1) is 22.5 Å². The number of amides is 4. The van der Waals surface area contributed by atoms with E-state index < -0.39 is 17.8 Å². The number of imide groups is 2. The molecule has 0 aromatic heterocycles. The Morgan fingerprint density at radius 3 is 1.93 bits per heavy atom. The molecule has 1 fully saturated rings. The number of carbonyl (C=O) groups excluding carboxylic acids is 3. The van der Waals surface area contributed by atoms with Crippen LogP contribution in [0.25, 0.3) is 6.08 Å². The molecule has 1 heterocycles. The van der Waals surface area contributed by atoms with E-state index in [-0.39, 0.29) is 12.2 Å². The molecule has 212 valence electrons.